The summed E-state index contributed by atoms with van der Waals surface area (Å²) >= 11 is 0. The van der Waals surface area contributed by atoms with Crippen molar-refractivity contribution >= 4 is 6.29 Å². The molecule has 0 aromatic heterocycles. The first-order valence-corrected chi connectivity index (χ1v) is 5.94. The van der Waals surface area contributed by atoms with Crippen molar-refractivity contribution in [3.05, 3.63) is 35.4 Å². The van der Waals surface area contributed by atoms with E-state index in [1.54, 1.807) is 0 Å². The van der Waals surface area contributed by atoms with Crippen LogP contribution in [-0.2, 0) is 4.74 Å². The molecule has 0 aliphatic carbocycles. The molecule has 16 heavy (non-hydrogen) atoms. The molecule has 2 heteroatoms. The molecule has 0 amide bonds. The lowest BCUT2D eigenvalue weighted by atomic mass is 9.82. The first kappa shape index (κ1) is 11.3. The molecule has 0 radical (unpaired) electrons. The summed E-state index contributed by atoms with van der Waals surface area (Å²) in [6, 6.07) is 7.87. The minimum Gasteiger partial charge on any atom is -0.381 e. The van der Waals surface area contributed by atoms with E-state index in [1.165, 1.54) is 6.42 Å². The van der Waals surface area contributed by atoms with Crippen molar-refractivity contribution < 1.29 is 9.53 Å². The molecule has 0 spiro atoms. The van der Waals surface area contributed by atoms with Gasteiger partial charge in [0, 0.05) is 18.8 Å². The van der Waals surface area contributed by atoms with Crippen molar-refractivity contribution in [3.8, 4) is 0 Å². The molecule has 1 aliphatic rings. The monoisotopic (exact) mass is 218 g/mol. The van der Waals surface area contributed by atoms with Gasteiger partial charge >= 0.3 is 0 Å². The lowest BCUT2D eigenvalue weighted by Crippen LogP contribution is -2.22. The maximum atomic E-state index is 11.0. The standard InChI is InChI=1S/C14H18O2/c1-11(13-6-4-8-16-10-13)14-7-3-2-5-12(14)9-15/h2-3,5,7,9,11,13H,4,6,8,10H2,1H3. The van der Waals surface area contributed by atoms with Gasteiger partial charge < -0.3 is 4.74 Å². The molecule has 1 fully saturated rings. The highest BCUT2D eigenvalue weighted by molar-refractivity contribution is 5.77. The van der Waals surface area contributed by atoms with Gasteiger partial charge in [0.1, 0.15) is 6.29 Å². The van der Waals surface area contributed by atoms with Gasteiger partial charge in [-0.25, -0.2) is 0 Å². The fourth-order valence-corrected chi connectivity index (χ4v) is 2.45. The van der Waals surface area contributed by atoms with E-state index in [4.69, 9.17) is 4.74 Å². The highest BCUT2D eigenvalue weighted by atomic mass is 16.5. The molecule has 2 atom stereocenters. The molecule has 2 nitrogen and oxygen atoms in total. The lowest BCUT2D eigenvalue weighted by molar-refractivity contribution is 0.0462. The number of hydrogen-bond acceptors (Lipinski definition) is 2. The van der Waals surface area contributed by atoms with Crippen molar-refractivity contribution in [2.24, 2.45) is 5.92 Å². The van der Waals surface area contributed by atoms with Gasteiger partial charge in [0.2, 0.25) is 0 Å². The number of aldehydes is 1. The first-order chi connectivity index (χ1) is 7.83. The van der Waals surface area contributed by atoms with E-state index >= 15 is 0 Å². The molecule has 2 unspecified atom stereocenters. The highest BCUT2D eigenvalue weighted by Crippen LogP contribution is 2.31. The maximum Gasteiger partial charge on any atom is 0.150 e. The number of ether oxygens (including phenoxy) is 1. The first-order valence-electron chi connectivity index (χ1n) is 5.94. The molecular formula is C14H18O2. The average molecular weight is 218 g/mol. The van der Waals surface area contributed by atoms with Crippen LogP contribution in [0.2, 0.25) is 0 Å². The summed E-state index contributed by atoms with van der Waals surface area (Å²) in [5.41, 5.74) is 1.98. The smallest absolute Gasteiger partial charge is 0.150 e. The zero-order chi connectivity index (χ0) is 11.4. The van der Waals surface area contributed by atoms with Gasteiger partial charge in [-0.05, 0) is 30.2 Å². The van der Waals surface area contributed by atoms with Gasteiger partial charge in [-0.2, -0.15) is 0 Å². The number of hydrogen-bond donors (Lipinski definition) is 0. The Morgan fingerprint density at radius 3 is 2.94 bits per heavy atom. The summed E-state index contributed by atoms with van der Waals surface area (Å²) in [4.78, 5) is 11.0. The highest BCUT2D eigenvalue weighted by Gasteiger charge is 2.23. The summed E-state index contributed by atoms with van der Waals surface area (Å²) < 4.78 is 5.51. The van der Waals surface area contributed by atoms with Gasteiger partial charge in [-0.15, -0.1) is 0 Å². The van der Waals surface area contributed by atoms with Crippen LogP contribution in [0.4, 0.5) is 0 Å². The van der Waals surface area contributed by atoms with Crippen molar-refractivity contribution in [2.75, 3.05) is 13.2 Å². The van der Waals surface area contributed by atoms with Crippen LogP contribution in [-0.4, -0.2) is 19.5 Å². The molecule has 0 saturated carbocycles. The Morgan fingerprint density at radius 2 is 2.25 bits per heavy atom. The second-order valence-electron chi connectivity index (χ2n) is 4.51. The predicted molar refractivity (Wildman–Crippen MR) is 63.8 cm³/mol. The topological polar surface area (TPSA) is 26.3 Å². The van der Waals surface area contributed by atoms with Gasteiger partial charge in [0.05, 0.1) is 0 Å². The van der Waals surface area contributed by atoms with Crippen LogP contribution in [0.3, 0.4) is 0 Å². The van der Waals surface area contributed by atoms with E-state index < -0.39 is 0 Å². The van der Waals surface area contributed by atoms with Gasteiger partial charge in [-0.1, -0.05) is 31.2 Å². The number of rotatable bonds is 3. The van der Waals surface area contributed by atoms with Crippen molar-refractivity contribution in [1.82, 2.24) is 0 Å². The summed E-state index contributed by atoms with van der Waals surface area (Å²) in [6.07, 6.45) is 3.29. The van der Waals surface area contributed by atoms with E-state index in [-0.39, 0.29) is 0 Å². The zero-order valence-corrected chi connectivity index (χ0v) is 9.69. The summed E-state index contributed by atoms with van der Waals surface area (Å²) in [5, 5.41) is 0. The molecule has 2 rings (SSSR count). The largest absolute Gasteiger partial charge is 0.381 e. The van der Waals surface area contributed by atoms with E-state index in [2.05, 4.69) is 13.0 Å². The van der Waals surface area contributed by atoms with Crippen LogP contribution in [0, 0.1) is 5.92 Å². The normalized spacial score (nSPS) is 22.7. The molecular weight excluding hydrogens is 200 g/mol. The Balaban J connectivity index is 2.18. The molecule has 1 aromatic rings. The maximum absolute atomic E-state index is 11.0. The summed E-state index contributed by atoms with van der Waals surface area (Å²) in [5.74, 6) is 0.955. The summed E-state index contributed by atoms with van der Waals surface area (Å²) in [6.45, 7) is 3.91. The molecule has 1 heterocycles. The Labute approximate surface area is 96.6 Å². The van der Waals surface area contributed by atoms with E-state index in [0.717, 1.165) is 37.0 Å². The second-order valence-corrected chi connectivity index (χ2v) is 4.51. The Hall–Kier alpha value is -1.15. The third-order valence-electron chi connectivity index (χ3n) is 3.52. The molecule has 86 valence electrons. The average Bonchev–Trinajstić information content (AvgIpc) is 2.39. The number of carbonyl (C=O) groups is 1. The minimum atomic E-state index is 0.404. The molecule has 1 aromatic carbocycles. The minimum absolute atomic E-state index is 0.404. The Bertz CT molecular complexity index is 354. The number of carbonyl (C=O) groups excluding carboxylic acids is 1. The quantitative estimate of drug-likeness (QED) is 0.729. The number of benzene rings is 1. The van der Waals surface area contributed by atoms with Crippen LogP contribution in [0.15, 0.2) is 24.3 Å². The van der Waals surface area contributed by atoms with Crippen LogP contribution < -0.4 is 0 Å². The Kier molecular flexibility index (Phi) is 3.73. The van der Waals surface area contributed by atoms with E-state index in [0.29, 0.717) is 11.8 Å². The SMILES string of the molecule is CC(c1ccccc1C=O)C1CCCOC1. The summed E-state index contributed by atoms with van der Waals surface area (Å²) in [7, 11) is 0. The molecule has 1 saturated heterocycles. The van der Waals surface area contributed by atoms with Crippen molar-refractivity contribution in [3.63, 3.8) is 0 Å². The van der Waals surface area contributed by atoms with Crippen LogP contribution in [0.1, 0.15) is 41.6 Å². The van der Waals surface area contributed by atoms with Gasteiger partial charge in [0.15, 0.2) is 0 Å². The fourth-order valence-electron chi connectivity index (χ4n) is 2.45. The predicted octanol–water partition coefficient (Wildman–Crippen LogP) is 3.03. The van der Waals surface area contributed by atoms with Crippen molar-refractivity contribution in [2.45, 2.75) is 25.7 Å². The van der Waals surface area contributed by atoms with Crippen LogP contribution in [0.25, 0.3) is 0 Å². The van der Waals surface area contributed by atoms with Crippen LogP contribution in [0.5, 0.6) is 0 Å². The third-order valence-corrected chi connectivity index (χ3v) is 3.52. The van der Waals surface area contributed by atoms with Gasteiger partial charge in [0.25, 0.3) is 0 Å². The lowest BCUT2D eigenvalue weighted by Gasteiger charge is -2.28. The Morgan fingerprint density at radius 1 is 1.44 bits per heavy atom. The third kappa shape index (κ3) is 2.33. The van der Waals surface area contributed by atoms with Crippen LogP contribution >= 0.6 is 0 Å². The van der Waals surface area contributed by atoms with E-state index in [1.807, 2.05) is 18.2 Å². The molecule has 0 bridgehead atoms. The fraction of sp³-hybridized carbons (Fsp3) is 0.500. The molecule has 0 N–H and O–H groups in total. The van der Waals surface area contributed by atoms with E-state index in [9.17, 15) is 4.79 Å². The second kappa shape index (κ2) is 5.26. The van der Waals surface area contributed by atoms with Crippen molar-refractivity contribution in [1.29, 1.82) is 0 Å². The zero-order valence-electron chi connectivity index (χ0n) is 9.69. The molecule has 1 aliphatic heterocycles. The van der Waals surface area contributed by atoms with Gasteiger partial charge in [-0.3, -0.25) is 4.79 Å².